The average molecular weight is 208 g/mol. The Morgan fingerprint density at radius 2 is 1.73 bits per heavy atom. The summed E-state index contributed by atoms with van der Waals surface area (Å²) in [6.07, 6.45) is 2.41. The highest BCUT2D eigenvalue weighted by atomic mass is 19.1. The maximum atomic E-state index is 12.9. The molecule has 0 unspecified atom stereocenters. The van der Waals surface area contributed by atoms with Crippen LogP contribution in [0.2, 0.25) is 0 Å². The zero-order valence-electron chi connectivity index (χ0n) is 7.50. The van der Waals surface area contributed by atoms with E-state index >= 15 is 0 Å². The van der Waals surface area contributed by atoms with E-state index in [0.717, 1.165) is 24.4 Å². The number of H-pyrrole nitrogens is 1. The second-order valence-corrected chi connectivity index (χ2v) is 2.97. The van der Waals surface area contributed by atoms with E-state index in [1.807, 2.05) is 0 Å². The average Bonchev–Trinajstić information content (AvgIpc) is 2.16. The summed E-state index contributed by atoms with van der Waals surface area (Å²) in [5.74, 6) is -1.40. The number of rotatable bonds is 1. The standard InChI is InChI=1S/C10H6F2N2O/c11-7-1-6(2-8(12)3-7)9-4-13-5-10(15)14-9/h1-5H,(H,14,15). The molecule has 3 nitrogen and oxygen atoms in total. The Balaban J connectivity index is 2.58. The summed E-state index contributed by atoms with van der Waals surface area (Å²) < 4.78 is 25.7. The lowest BCUT2D eigenvalue weighted by Crippen LogP contribution is -2.05. The van der Waals surface area contributed by atoms with Crippen LogP contribution in [0.25, 0.3) is 11.3 Å². The fourth-order valence-electron chi connectivity index (χ4n) is 1.23. The van der Waals surface area contributed by atoms with E-state index < -0.39 is 17.2 Å². The highest BCUT2D eigenvalue weighted by Crippen LogP contribution is 2.17. The van der Waals surface area contributed by atoms with Gasteiger partial charge in [-0.25, -0.2) is 8.78 Å². The molecule has 0 aliphatic heterocycles. The van der Waals surface area contributed by atoms with E-state index in [1.54, 1.807) is 0 Å². The summed E-state index contributed by atoms with van der Waals surface area (Å²) in [6.45, 7) is 0. The molecule has 2 rings (SSSR count). The number of aromatic nitrogens is 2. The third kappa shape index (κ3) is 2.07. The van der Waals surface area contributed by atoms with Crippen LogP contribution < -0.4 is 5.56 Å². The van der Waals surface area contributed by atoms with E-state index in [2.05, 4.69) is 9.97 Å². The molecule has 1 N–H and O–H groups in total. The van der Waals surface area contributed by atoms with Crippen LogP contribution in [-0.4, -0.2) is 9.97 Å². The molecule has 1 heterocycles. The fourth-order valence-corrected chi connectivity index (χ4v) is 1.23. The topological polar surface area (TPSA) is 45.8 Å². The number of aromatic amines is 1. The molecular formula is C10H6F2N2O. The normalized spacial score (nSPS) is 10.3. The van der Waals surface area contributed by atoms with Crippen LogP contribution in [0.4, 0.5) is 8.78 Å². The van der Waals surface area contributed by atoms with E-state index in [-0.39, 0.29) is 11.3 Å². The quantitative estimate of drug-likeness (QED) is 0.775. The third-order valence-corrected chi connectivity index (χ3v) is 1.83. The maximum Gasteiger partial charge on any atom is 0.266 e. The van der Waals surface area contributed by atoms with Gasteiger partial charge in [0.2, 0.25) is 0 Å². The first-order valence-corrected chi connectivity index (χ1v) is 4.16. The van der Waals surface area contributed by atoms with Crippen molar-refractivity contribution in [2.75, 3.05) is 0 Å². The molecule has 0 aliphatic carbocycles. The molecule has 0 spiro atoms. The summed E-state index contributed by atoms with van der Waals surface area (Å²) in [5, 5.41) is 0. The van der Waals surface area contributed by atoms with Crippen molar-refractivity contribution in [2.45, 2.75) is 0 Å². The molecule has 0 atom stereocenters. The van der Waals surface area contributed by atoms with E-state index in [1.165, 1.54) is 6.20 Å². The van der Waals surface area contributed by atoms with E-state index in [9.17, 15) is 13.6 Å². The minimum Gasteiger partial charge on any atom is -0.319 e. The van der Waals surface area contributed by atoms with Gasteiger partial charge in [-0.2, -0.15) is 0 Å². The van der Waals surface area contributed by atoms with Crippen molar-refractivity contribution in [3.8, 4) is 11.3 Å². The van der Waals surface area contributed by atoms with Crippen molar-refractivity contribution in [1.82, 2.24) is 9.97 Å². The van der Waals surface area contributed by atoms with Crippen LogP contribution in [0.5, 0.6) is 0 Å². The van der Waals surface area contributed by atoms with Gasteiger partial charge in [-0.1, -0.05) is 0 Å². The van der Waals surface area contributed by atoms with Gasteiger partial charge in [0.15, 0.2) is 0 Å². The van der Waals surface area contributed by atoms with Crippen LogP contribution in [0, 0.1) is 11.6 Å². The molecule has 0 amide bonds. The second-order valence-electron chi connectivity index (χ2n) is 2.97. The van der Waals surface area contributed by atoms with E-state index in [0.29, 0.717) is 0 Å². The Hall–Kier alpha value is -2.04. The molecule has 0 radical (unpaired) electrons. The number of hydrogen-bond acceptors (Lipinski definition) is 2. The smallest absolute Gasteiger partial charge is 0.266 e. The van der Waals surface area contributed by atoms with Gasteiger partial charge in [-0.05, 0) is 12.1 Å². The predicted octanol–water partition coefficient (Wildman–Crippen LogP) is 1.72. The molecule has 0 aliphatic rings. The molecule has 5 heteroatoms. The largest absolute Gasteiger partial charge is 0.319 e. The Morgan fingerprint density at radius 1 is 1.07 bits per heavy atom. The molecule has 1 aromatic heterocycles. The van der Waals surface area contributed by atoms with Crippen molar-refractivity contribution in [2.24, 2.45) is 0 Å². The van der Waals surface area contributed by atoms with Gasteiger partial charge < -0.3 is 4.98 Å². The Labute approximate surface area is 83.4 Å². The summed E-state index contributed by atoms with van der Waals surface area (Å²) in [7, 11) is 0. The van der Waals surface area contributed by atoms with Crippen molar-refractivity contribution in [3.05, 3.63) is 52.6 Å². The zero-order valence-corrected chi connectivity index (χ0v) is 7.50. The van der Waals surface area contributed by atoms with Gasteiger partial charge in [0.1, 0.15) is 11.6 Å². The lowest BCUT2D eigenvalue weighted by molar-refractivity contribution is 0.584. The first-order valence-electron chi connectivity index (χ1n) is 4.16. The lowest BCUT2D eigenvalue weighted by atomic mass is 10.1. The van der Waals surface area contributed by atoms with Crippen molar-refractivity contribution in [1.29, 1.82) is 0 Å². The van der Waals surface area contributed by atoms with Gasteiger partial charge in [-0.15, -0.1) is 0 Å². The summed E-state index contributed by atoms with van der Waals surface area (Å²) in [4.78, 5) is 17.0. The van der Waals surface area contributed by atoms with Crippen molar-refractivity contribution >= 4 is 0 Å². The Bertz CT molecular complexity index is 531. The molecule has 0 saturated carbocycles. The van der Waals surface area contributed by atoms with Gasteiger partial charge >= 0.3 is 0 Å². The van der Waals surface area contributed by atoms with E-state index in [4.69, 9.17) is 0 Å². The maximum absolute atomic E-state index is 12.9. The summed E-state index contributed by atoms with van der Waals surface area (Å²) in [6, 6.07) is 3.00. The SMILES string of the molecule is O=c1cncc(-c2cc(F)cc(F)c2)[nH]1. The van der Waals surface area contributed by atoms with Crippen LogP contribution >= 0.6 is 0 Å². The molecule has 1 aromatic carbocycles. The van der Waals surface area contributed by atoms with Crippen molar-refractivity contribution in [3.63, 3.8) is 0 Å². The predicted molar refractivity (Wildman–Crippen MR) is 50.2 cm³/mol. The minimum absolute atomic E-state index is 0.248. The molecule has 2 aromatic rings. The second kappa shape index (κ2) is 3.61. The monoisotopic (exact) mass is 208 g/mol. The first-order chi connectivity index (χ1) is 7.15. The van der Waals surface area contributed by atoms with Crippen LogP contribution in [0.3, 0.4) is 0 Å². The van der Waals surface area contributed by atoms with Crippen molar-refractivity contribution < 1.29 is 8.78 Å². The highest BCUT2D eigenvalue weighted by Gasteiger charge is 2.03. The van der Waals surface area contributed by atoms with Crippen LogP contribution in [-0.2, 0) is 0 Å². The molecule has 76 valence electrons. The number of nitrogens with one attached hydrogen (secondary N) is 1. The summed E-state index contributed by atoms with van der Waals surface area (Å²) >= 11 is 0. The van der Waals surface area contributed by atoms with Gasteiger partial charge in [0.05, 0.1) is 18.1 Å². The Kier molecular flexibility index (Phi) is 2.29. The third-order valence-electron chi connectivity index (χ3n) is 1.83. The lowest BCUT2D eigenvalue weighted by Gasteiger charge is -2.00. The number of benzene rings is 1. The fraction of sp³-hybridized carbons (Fsp3) is 0. The molecule has 0 saturated heterocycles. The molecule has 0 bridgehead atoms. The number of hydrogen-bond donors (Lipinski definition) is 1. The minimum atomic E-state index is -0.699. The first kappa shape index (κ1) is 9.51. The summed E-state index contributed by atoms with van der Waals surface area (Å²) in [5.41, 5.74) is 0.107. The molecule has 0 fully saturated rings. The van der Waals surface area contributed by atoms with Crippen LogP contribution in [0.15, 0.2) is 35.4 Å². The Morgan fingerprint density at radius 3 is 2.33 bits per heavy atom. The highest BCUT2D eigenvalue weighted by molar-refractivity contribution is 5.57. The van der Waals surface area contributed by atoms with Gasteiger partial charge in [-0.3, -0.25) is 9.78 Å². The molecule has 15 heavy (non-hydrogen) atoms. The number of nitrogens with zero attached hydrogens (tertiary/aromatic N) is 1. The molecular weight excluding hydrogens is 202 g/mol. The van der Waals surface area contributed by atoms with Gasteiger partial charge in [0.25, 0.3) is 5.56 Å². The number of halogens is 2. The van der Waals surface area contributed by atoms with Gasteiger partial charge in [0, 0.05) is 11.6 Å². The van der Waals surface area contributed by atoms with Crippen LogP contribution in [0.1, 0.15) is 0 Å². The zero-order chi connectivity index (χ0) is 10.8.